The van der Waals surface area contributed by atoms with Crippen LogP contribution in [0.5, 0.6) is 0 Å². The first kappa shape index (κ1) is 16.4. The molecule has 0 aromatic carbocycles. The van der Waals surface area contributed by atoms with Gasteiger partial charge in [0.2, 0.25) is 11.8 Å². The van der Waals surface area contributed by atoms with Crippen molar-refractivity contribution in [2.45, 2.75) is 51.7 Å². The number of carbonyl (C=O) groups is 3. The minimum absolute atomic E-state index is 0.187. The number of imide groups is 1. The Morgan fingerprint density at radius 3 is 2.45 bits per heavy atom. The fourth-order valence-electron chi connectivity index (χ4n) is 1.95. The van der Waals surface area contributed by atoms with Crippen LogP contribution in [-0.2, 0) is 19.1 Å². The van der Waals surface area contributed by atoms with E-state index in [1.807, 2.05) is 0 Å². The van der Waals surface area contributed by atoms with Crippen LogP contribution in [0.4, 0.5) is 0 Å². The first-order chi connectivity index (χ1) is 9.43. The second-order valence-electron chi connectivity index (χ2n) is 4.90. The molecule has 112 valence electrons. The molecule has 2 amide bonds. The van der Waals surface area contributed by atoms with Crippen LogP contribution in [0.25, 0.3) is 0 Å². The van der Waals surface area contributed by atoms with Crippen molar-refractivity contribution in [3.05, 3.63) is 12.2 Å². The average Bonchev–Trinajstić information content (AvgIpc) is 2.72. The number of carbonyl (C=O) groups excluding carboxylic acids is 3. The molecule has 1 fully saturated rings. The summed E-state index contributed by atoms with van der Waals surface area (Å²) in [6.07, 6.45) is 1.77. The molecule has 6 heteroatoms. The van der Waals surface area contributed by atoms with Gasteiger partial charge in [-0.1, -0.05) is 6.58 Å². The first-order valence-electron chi connectivity index (χ1n) is 6.79. The van der Waals surface area contributed by atoms with Gasteiger partial charge in [-0.25, -0.2) is 4.79 Å². The number of likely N-dealkylation sites (tertiary alicyclic amines) is 1. The number of hydrogen-bond donors (Lipinski definition) is 1. The SMILES string of the molecule is C=C(C)C(=O)OCCCCCC(O)N1C(=O)CCC1=O. The zero-order valence-corrected chi connectivity index (χ0v) is 11.8. The Morgan fingerprint density at radius 2 is 1.90 bits per heavy atom. The van der Waals surface area contributed by atoms with Gasteiger partial charge in [0.05, 0.1) is 6.61 Å². The molecule has 0 aromatic heterocycles. The number of rotatable bonds is 8. The maximum atomic E-state index is 11.4. The number of ether oxygens (including phenoxy) is 1. The van der Waals surface area contributed by atoms with Gasteiger partial charge in [-0.3, -0.25) is 14.5 Å². The van der Waals surface area contributed by atoms with Crippen LogP contribution in [0.1, 0.15) is 45.4 Å². The molecule has 0 aromatic rings. The number of amides is 2. The summed E-state index contributed by atoms with van der Waals surface area (Å²) in [6.45, 7) is 5.37. The molecule has 1 saturated heterocycles. The molecule has 1 atom stereocenters. The minimum Gasteiger partial charge on any atom is -0.462 e. The molecule has 0 spiro atoms. The van der Waals surface area contributed by atoms with Gasteiger partial charge < -0.3 is 9.84 Å². The number of unbranched alkanes of at least 4 members (excludes halogenated alkanes) is 2. The first-order valence-corrected chi connectivity index (χ1v) is 6.79. The molecule has 1 aliphatic rings. The number of aliphatic hydroxyl groups is 1. The standard InChI is InChI=1S/C14H21NO5/c1-10(2)14(19)20-9-5-3-4-6-11(16)15-12(17)7-8-13(15)18/h11,16H,1,3-9H2,2H3. The van der Waals surface area contributed by atoms with Crippen molar-refractivity contribution in [1.82, 2.24) is 4.90 Å². The lowest BCUT2D eigenvalue weighted by Crippen LogP contribution is -2.39. The lowest BCUT2D eigenvalue weighted by Gasteiger charge is -2.20. The molecule has 6 nitrogen and oxygen atoms in total. The lowest BCUT2D eigenvalue weighted by molar-refractivity contribution is -0.150. The van der Waals surface area contributed by atoms with Gasteiger partial charge in [0.1, 0.15) is 6.23 Å². The highest BCUT2D eigenvalue weighted by atomic mass is 16.5. The molecule has 1 unspecified atom stereocenters. The number of nitrogens with zero attached hydrogens (tertiary/aromatic N) is 1. The van der Waals surface area contributed by atoms with Crippen LogP contribution >= 0.6 is 0 Å². The Labute approximate surface area is 118 Å². The van der Waals surface area contributed by atoms with E-state index in [9.17, 15) is 19.5 Å². The zero-order valence-electron chi connectivity index (χ0n) is 11.8. The highest BCUT2D eigenvalue weighted by Gasteiger charge is 2.33. The third-order valence-electron chi connectivity index (χ3n) is 3.08. The second kappa shape index (κ2) is 7.79. The molecular formula is C14H21NO5. The minimum atomic E-state index is -1.03. The summed E-state index contributed by atoms with van der Waals surface area (Å²) in [6, 6.07) is 0. The summed E-state index contributed by atoms with van der Waals surface area (Å²) in [7, 11) is 0. The number of esters is 1. The molecule has 0 bridgehead atoms. The van der Waals surface area contributed by atoms with Crippen LogP contribution in [-0.4, -0.2) is 40.6 Å². The van der Waals surface area contributed by atoms with Gasteiger partial charge in [0.15, 0.2) is 0 Å². The summed E-state index contributed by atoms with van der Waals surface area (Å²) in [5.41, 5.74) is 0.367. The van der Waals surface area contributed by atoms with Crippen LogP contribution in [0.3, 0.4) is 0 Å². The van der Waals surface area contributed by atoms with Crippen LogP contribution in [0.15, 0.2) is 12.2 Å². The summed E-state index contributed by atoms with van der Waals surface area (Å²) in [4.78, 5) is 34.8. The Morgan fingerprint density at radius 1 is 1.30 bits per heavy atom. The maximum Gasteiger partial charge on any atom is 0.333 e. The highest BCUT2D eigenvalue weighted by molar-refractivity contribution is 6.02. The molecule has 0 radical (unpaired) electrons. The van der Waals surface area contributed by atoms with Crippen molar-refractivity contribution < 1.29 is 24.2 Å². The van der Waals surface area contributed by atoms with Crippen LogP contribution in [0.2, 0.25) is 0 Å². The van der Waals surface area contributed by atoms with Crippen molar-refractivity contribution in [3.63, 3.8) is 0 Å². The summed E-state index contributed by atoms with van der Waals surface area (Å²) in [5.74, 6) is -1.02. The molecule has 1 N–H and O–H groups in total. The lowest BCUT2D eigenvalue weighted by atomic mass is 10.1. The van der Waals surface area contributed by atoms with Crippen molar-refractivity contribution in [2.24, 2.45) is 0 Å². The van der Waals surface area contributed by atoms with E-state index in [1.165, 1.54) is 0 Å². The Balaban J connectivity index is 2.12. The van der Waals surface area contributed by atoms with E-state index in [2.05, 4.69) is 6.58 Å². The van der Waals surface area contributed by atoms with Gasteiger partial charge in [-0.15, -0.1) is 0 Å². The molecule has 1 aliphatic heterocycles. The monoisotopic (exact) mass is 283 g/mol. The van der Waals surface area contributed by atoms with Crippen molar-refractivity contribution in [3.8, 4) is 0 Å². The van der Waals surface area contributed by atoms with E-state index in [0.717, 1.165) is 11.3 Å². The summed E-state index contributed by atoms with van der Waals surface area (Å²) < 4.78 is 4.92. The molecule has 0 aliphatic carbocycles. The average molecular weight is 283 g/mol. The largest absolute Gasteiger partial charge is 0.462 e. The van der Waals surface area contributed by atoms with Gasteiger partial charge >= 0.3 is 5.97 Å². The predicted molar refractivity (Wildman–Crippen MR) is 71.3 cm³/mol. The predicted octanol–water partition coefficient (Wildman–Crippen LogP) is 1.13. The quantitative estimate of drug-likeness (QED) is 0.312. The van der Waals surface area contributed by atoms with E-state index in [0.29, 0.717) is 31.4 Å². The smallest absolute Gasteiger partial charge is 0.333 e. The van der Waals surface area contributed by atoms with E-state index in [4.69, 9.17) is 4.74 Å². The molecule has 20 heavy (non-hydrogen) atoms. The third kappa shape index (κ3) is 4.77. The third-order valence-corrected chi connectivity index (χ3v) is 3.08. The van der Waals surface area contributed by atoms with Gasteiger partial charge in [0.25, 0.3) is 0 Å². The second-order valence-corrected chi connectivity index (χ2v) is 4.90. The molecule has 0 saturated carbocycles. The van der Waals surface area contributed by atoms with Crippen molar-refractivity contribution in [2.75, 3.05) is 6.61 Å². The molecule has 1 rings (SSSR count). The molecule has 1 heterocycles. The van der Waals surface area contributed by atoms with Crippen LogP contribution < -0.4 is 0 Å². The zero-order chi connectivity index (χ0) is 15.1. The summed E-state index contributed by atoms with van der Waals surface area (Å²) >= 11 is 0. The number of hydrogen-bond acceptors (Lipinski definition) is 5. The van der Waals surface area contributed by atoms with Crippen molar-refractivity contribution >= 4 is 17.8 Å². The Bertz CT molecular complexity index is 388. The number of aliphatic hydroxyl groups excluding tert-OH is 1. The van der Waals surface area contributed by atoms with E-state index in [-0.39, 0.29) is 24.7 Å². The van der Waals surface area contributed by atoms with Gasteiger partial charge in [0, 0.05) is 18.4 Å². The maximum absolute atomic E-state index is 11.4. The summed E-state index contributed by atoms with van der Waals surface area (Å²) in [5, 5.41) is 9.79. The van der Waals surface area contributed by atoms with E-state index < -0.39 is 12.2 Å². The fraction of sp³-hybridized carbons (Fsp3) is 0.643. The topological polar surface area (TPSA) is 83.9 Å². The van der Waals surface area contributed by atoms with E-state index in [1.54, 1.807) is 6.92 Å². The van der Waals surface area contributed by atoms with Gasteiger partial charge in [-0.05, 0) is 32.6 Å². The Kier molecular flexibility index (Phi) is 6.38. The van der Waals surface area contributed by atoms with Crippen LogP contribution in [0, 0.1) is 0 Å². The Hall–Kier alpha value is -1.69. The van der Waals surface area contributed by atoms with Crippen molar-refractivity contribution in [1.29, 1.82) is 0 Å². The normalized spacial score (nSPS) is 16.4. The highest BCUT2D eigenvalue weighted by Crippen LogP contribution is 2.17. The fourth-order valence-corrected chi connectivity index (χ4v) is 1.95. The van der Waals surface area contributed by atoms with Gasteiger partial charge in [-0.2, -0.15) is 0 Å². The molecular weight excluding hydrogens is 262 g/mol. The van der Waals surface area contributed by atoms with E-state index >= 15 is 0 Å².